The summed E-state index contributed by atoms with van der Waals surface area (Å²) in [6.07, 6.45) is -7.94. The lowest BCUT2D eigenvalue weighted by molar-refractivity contribution is -0.332. The number of methoxy groups -OCH3 is 1. The summed E-state index contributed by atoms with van der Waals surface area (Å²) in [5, 5.41) is -9.43. The first-order valence-electron chi connectivity index (χ1n) is 7.37. The van der Waals surface area contributed by atoms with Crippen molar-refractivity contribution in [2.75, 3.05) is 7.11 Å². The number of carbonyl (C=O) groups excluding carboxylic acids is 1. The summed E-state index contributed by atoms with van der Waals surface area (Å²) in [6.45, 7) is 0. The number of carbonyl (C=O) groups is 1. The van der Waals surface area contributed by atoms with Crippen LogP contribution in [0.15, 0.2) is 30.3 Å². The Labute approximate surface area is 150 Å². The molecule has 0 saturated carbocycles. The van der Waals surface area contributed by atoms with Gasteiger partial charge in [-0.2, -0.15) is 30.7 Å². The van der Waals surface area contributed by atoms with Gasteiger partial charge >= 0.3 is 23.3 Å². The zero-order chi connectivity index (χ0) is 21.1. The molecule has 0 saturated heterocycles. The number of aryl methyl sites for hydroxylation is 1. The molecule has 0 N–H and O–H groups in total. The average molecular weight is 424 g/mol. The zero-order valence-corrected chi connectivity index (χ0v) is 14.6. The quantitative estimate of drug-likeness (QED) is 0.471. The first kappa shape index (κ1) is 23.2. The van der Waals surface area contributed by atoms with Gasteiger partial charge in [-0.1, -0.05) is 30.3 Å². The van der Waals surface area contributed by atoms with Crippen molar-refractivity contribution >= 4 is 15.8 Å². The van der Waals surface area contributed by atoms with E-state index in [1.54, 1.807) is 30.3 Å². The molecule has 0 radical (unpaired) electrons. The van der Waals surface area contributed by atoms with Crippen LogP contribution in [0.4, 0.5) is 30.7 Å². The number of rotatable bonds is 8. The van der Waals surface area contributed by atoms with Crippen molar-refractivity contribution in [1.82, 2.24) is 0 Å². The molecule has 0 amide bonds. The van der Waals surface area contributed by atoms with E-state index in [1.807, 2.05) is 0 Å². The van der Waals surface area contributed by atoms with Gasteiger partial charge in [-0.05, 0) is 24.8 Å². The Morgan fingerprint density at radius 1 is 1.04 bits per heavy atom. The molecule has 0 aromatic heterocycles. The minimum absolute atomic E-state index is 0.0745. The molecule has 0 aliphatic heterocycles. The fourth-order valence-electron chi connectivity index (χ4n) is 2.19. The van der Waals surface area contributed by atoms with Crippen molar-refractivity contribution in [3.63, 3.8) is 0 Å². The summed E-state index contributed by atoms with van der Waals surface area (Å²) < 4.78 is 118. The Hall–Kier alpha value is -1.85. The van der Waals surface area contributed by atoms with Crippen LogP contribution < -0.4 is 0 Å². The fraction of sp³-hybridized carbons (Fsp3) is 0.533. The Morgan fingerprint density at radius 2 is 1.56 bits per heavy atom. The average Bonchev–Trinajstić information content (AvgIpc) is 2.57. The van der Waals surface area contributed by atoms with Crippen molar-refractivity contribution in [3.05, 3.63) is 35.9 Å². The van der Waals surface area contributed by atoms with E-state index in [2.05, 4.69) is 4.74 Å². The Balaban J connectivity index is 3.15. The normalized spacial score (nSPS) is 14.7. The standard InChI is InChI=1S/C15H15F7O4S/c1-26-12(23)11(9-5-8-10-6-3-2-4-7-10)27(24,25)15(21,22)13(16,17)14(18,19)20/h2-4,6-7,11H,5,8-9H2,1H3. The van der Waals surface area contributed by atoms with Crippen molar-refractivity contribution in [2.24, 2.45) is 0 Å². The highest BCUT2D eigenvalue weighted by Gasteiger charge is 2.79. The number of alkyl halides is 7. The van der Waals surface area contributed by atoms with E-state index in [1.165, 1.54) is 0 Å². The number of ether oxygens (including phenoxy) is 1. The van der Waals surface area contributed by atoms with Gasteiger partial charge < -0.3 is 4.74 Å². The lowest BCUT2D eigenvalue weighted by Crippen LogP contribution is -2.59. The third-order valence-corrected chi connectivity index (χ3v) is 5.84. The topological polar surface area (TPSA) is 60.4 Å². The number of benzene rings is 1. The molecule has 0 heterocycles. The molecule has 1 unspecified atom stereocenters. The van der Waals surface area contributed by atoms with E-state index in [-0.39, 0.29) is 12.8 Å². The Morgan fingerprint density at radius 3 is 2.00 bits per heavy atom. The molecule has 27 heavy (non-hydrogen) atoms. The molecule has 12 heteroatoms. The SMILES string of the molecule is COC(=O)C(CCCc1ccccc1)S(=O)(=O)C(F)(F)C(F)(F)C(F)(F)F. The van der Waals surface area contributed by atoms with Crippen LogP contribution in [0.2, 0.25) is 0 Å². The van der Waals surface area contributed by atoms with Gasteiger partial charge in [0.25, 0.3) is 0 Å². The Bertz CT molecular complexity index is 745. The van der Waals surface area contributed by atoms with Crippen LogP contribution in [0.3, 0.4) is 0 Å². The van der Waals surface area contributed by atoms with Crippen LogP contribution in [0.25, 0.3) is 0 Å². The summed E-state index contributed by atoms with van der Waals surface area (Å²) in [4.78, 5) is 11.6. The van der Waals surface area contributed by atoms with Gasteiger partial charge in [-0.15, -0.1) is 0 Å². The number of halogens is 7. The molecule has 1 aromatic rings. The summed E-state index contributed by atoms with van der Waals surface area (Å²) in [7, 11) is -5.99. The minimum Gasteiger partial charge on any atom is -0.468 e. The second-order valence-corrected chi connectivity index (χ2v) is 7.70. The van der Waals surface area contributed by atoms with Gasteiger partial charge in [-0.3, -0.25) is 4.79 Å². The molecule has 1 aromatic carbocycles. The van der Waals surface area contributed by atoms with E-state index in [4.69, 9.17) is 0 Å². The van der Waals surface area contributed by atoms with Crippen LogP contribution in [-0.4, -0.2) is 44.1 Å². The predicted molar refractivity (Wildman–Crippen MR) is 80.1 cm³/mol. The van der Waals surface area contributed by atoms with E-state index in [0.29, 0.717) is 12.7 Å². The first-order valence-corrected chi connectivity index (χ1v) is 8.92. The van der Waals surface area contributed by atoms with Crippen LogP contribution >= 0.6 is 0 Å². The largest absolute Gasteiger partial charge is 0.468 e. The van der Waals surface area contributed by atoms with Gasteiger partial charge in [0.2, 0.25) is 9.84 Å². The molecule has 0 bridgehead atoms. The van der Waals surface area contributed by atoms with Crippen molar-refractivity contribution in [2.45, 2.75) is 41.9 Å². The van der Waals surface area contributed by atoms with Gasteiger partial charge in [0, 0.05) is 0 Å². The number of esters is 1. The minimum atomic E-state index is -6.88. The van der Waals surface area contributed by atoms with Crippen molar-refractivity contribution < 1.29 is 48.7 Å². The van der Waals surface area contributed by atoms with E-state index >= 15 is 0 Å². The van der Waals surface area contributed by atoms with Crippen LogP contribution in [-0.2, 0) is 25.8 Å². The molecular formula is C15H15F7O4S. The van der Waals surface area contributed by atoms with E-state index in [0.717, 1.165) is 0 Å². The third-order valence-electron chi connectivity index (χ3n) is 3.69. The molecule has 1 atom stereocenters. The highest BCUT2D eigenvalue weighted by Crippen LogP contribution is 2.50. The molecule has 0 aliphatic carbocycles. The molecule has 0 spiro atoms. The maximum Gasteiger partial charge on any atom is 0.461 e. The van der Waals surface area contributed by atoms with E-state index in [9.17, 15) is 43.9 Å². The molecule has 154 valence electrons. The summed E-state index contributed by atoms with van der Waals surface area (Å²) in [6, 6.07) is 8.07. The summed E-state index contributed by atoms with van der Waals surface area (Å²) in [5.74, 6) is -8.73. The molecule has 1 rings (SSSR count). The number of hydrogen-bond donors (Lipinski definition) is 0. The maximum atomic E-state index is 13.7. The lowest BCUT2D eigenvalue weighted by atomic mass is 10.1. The zero-order valence-electron chi connectivity index (χ0n) is 13.8. The molecular weight excluding hydrogens is 409 g/mol. The van der Waals surface area contributed by atoms with Crippen molar-refractivity contribution in [1.29, 1.82) is 0 Å². The first-order chi connectivity index (χ1) is 12.2. The summed E-state index contributed by atoms with van der Waals surface area (Å²) in [5.41, 5.74) is 0.617. The van der Waals surface area contributed by atoms with Crippen LogP contribution in [0, 0.1) is 0 Å². The van der Waals surface area contributed by atoms with Gasteiger partial charge in [0.15, 0.2) is 5.25 Å². The molecule has 4 nitrogen and oxygen atoms in total. The summed E-state index contributed by atoms with van der Waals surface area (Å²) >= 11 is 0. The van der Waals surface area contributed by atoms with Crippen LogP contribution in [0.5, 0.6) is 0 Å². The molecule has 0 fully saturated rings. The van der Waals surface area contributed by atoms with Crippen molar-refractivity contribution in [3.8, 4) is 0 Å². The van der Waals surface area contributed by atoms with E-state index < -0.39 is 44.8 Å². The fourth-order valence-corrected chi connectivity index (χ4v) is 3.85. The Kier molecular flexibility index (Phi) is 6.90. The van der Waals surface area contributed by atoms with Gasteiger partial charge in [-0.25, -0.2) is 8.42 Å². The molecule has 0 aliphatic rings. The number of hydrogen-bond acceptors (Lipinski definition) is 4. The predicted octanol–water partition coefficient (Wildman–Crippen LogP) is 3.76. The smallest absolute Gasteiger partial charge is 0.461 e. The highest BCUT2D eigenvalue weighted by molar-refractivity contribution is 7.93. The lowest BCUT2D eigenvalue weighted by Gasteiger charge is -2.30. The second kappa shape index (κ2) is 8.03. The van der Waals surface area contributed by atoms with Gasteiger partial charge in [0.05, 0.1) is 7.11 Å². The second-order valence-electron chi connectivity index (χ2n) is 5.52. The third kappa shape index (κ3) is 4.53. The van der Waals surface area contributed by atoms with Gasteiger partial charge in [0.1, 0.15) is 0 Å². The highest BCUT2D eigenvalue weighted by atomic mass is 32.2. The van der Waals surface area contributed by atoms with Crippen LogP contribution in [0.1, 0.15) is 18.4 Å². The monoisotopic (exact) mass is 424 g/mol. The maximum absolute atomic E-state index is 13.7. The number of sulfone groups is 1.